The minimum absolute atomic E-state index is 0.278. The van der Waals surface area contributed by atoms with E-state index in [1.165, 1.54) is 18.5 Å². The van der Waals surface area contributed by atoms with Crippen molar-refractivity contribution in [3.05, 3.63) is 54.0 Å². The predicted molar refractivity (Wildman–Crippen MR) is 95.1 cm³/mol. The fourth-order valence-corrected chi connectivity index (χ4v) is 3.35. The van der Waals surface area contributed by atoms with Crippen LogP contribution in [0.4, 0.5) is 20.3 Å². The molecule has 1 fully saturated rings. The summed E-state index contributed by atoms with van der Waals surface area (Å²) < 4.78 is 28.7. The Bertz CT molecular complexity index is 897. The molecule has 1 aromatic carbocycles. The van der Waals surface area contributed by atoms with Gasteiger partial charge in [-0.3, -0.25) is 4.90 Å². The minimum atomic E-state index is -0.641. The molecule has 0 spiro atoms. The Hall–Kier alpha value is -2.58. The van der Waals surface area contributed by atoms with Crippen LogP contribution in [0.15, 0.2) is 36.8 Å². The molecule has 3 heterocycles. The van der Waals surface area contributed by atoms with Gasteiger partial charge in [-0.05, 0) is 49.7 Å². The molecule has 136 valence electrons. The van der Waals surface area contributed by atoms with Crippen LogP contribution in [0, 0.1) is 11.6 Å². The number of benzene rings is 1. The highest BCUT2D eigenvalue weighted by Crippen LogP contribution is 2.25. The van der Waals surface area contributed by atoms with Crippen molar-refractivity contribution in [3.63, 3.8) is 0 Å². The molecule has 4 rings (SSSR count). The lowest BCUT2D eigenvalue weighted by atomic mass is 10.1. The van der Waals surface area contributed by atoms with Gasteiger partial charge in [0.15, 0.2) is 5.82 Å². The number of fused-ring (bicyclic) bond motifs is 1. The molecule has 6 nitrogen and oxygen atoms in total. The summed E-state index contributed by atoms with van der Waals surface area (Å²) in [6, 6.07) is 5.58. The van der Waals surface area contributed by atoms with Crippen LogP contribution in [0.1, 0.15) is 18.4 Å². The third-order valence-electron chi connectivity index (χ3n) is 4.69. The van der Waals surface area contributed by atoms with Crippen molar-refractivity contribution in [1.82, 2.24) is 19.5 Å². The lowest BCUT2D eigenvalue weighted by Gasteiger charge is -2.29. The Morgan fingerprint density at radius 2 is 1.88 bits per heavy atom. The summed E-state index contributed by atoms with van der Waals surface area (Å²) >= 11 is 0. The van der Waals surface area contributed by atoms with Gasteiger partial charge in [0.2, 0.25) is 0 Å². The summed E-state index contributed by atoms with van der Waals surface area (Å²) in [4.78, 5) is 6.62. The normalized spacial score (nSPS) is 16.3. The van der Waals surface area contributed by atoms with Gasteiger partial charge in [-0.25, -0.2) is 18.3 Å². The second kappa shape index (κ2) is 6.97. The Morgan fingerprint density at radius 3 is 2.62 bits per heavy atom. The van der Waals surface area contributed by atoms with Crippen molar-refractivity contribution in [3.8, 4) is 0 Å². The summed E-state index contributed by atoms with van der Waals surface area (Å²) in [7, 11) is 0. The topological polar surface area (TPSA) is 71.5 Å². The third kappa shape index (κ3) is 3.51. The Kier molecular flexibility index (Phi) is 4.52. The molecule has 8 heteroatoms. The highest BCUT2D eigenvalue weighted by molar-refractivity contribution is 5.76. The number of hydrogen-bond acceptors (Lipinski definition) is 5. The number of nitrogens with one attached hydrogen (secondary N) is 1. The summed E-state index contributed by atoms with van der Waals surface area (Å²) in [5, 5.41) is 7.23. The van der Waals surface area contributed by atoms with E-state index in [0.29, 0.717) is 11.5 Å². The van der Waals surface area contributed by atoms with E-state index in [0.717, 1.165) is 49.6 Å². The van der Waals surface area contributed by atoms with Crippen LogP contribution in [0.2, 0.25) is 0 Å². The largest absolute Gasteiger partial charge is 0.338 e. The zero-order chi connectivity index (χ0) is 18.1. The number of nitrogens with two attached hydrogens (primary N) is 1. The van der Waals surface area contributed by atoms with Gasteiger partial charge < -0.3 is 11.1 Å². The molecule has 3 aromatic rings. The highest BCUT2D eigenvalue weighted by atomic mass is 19.1. The van der Waals surface area contributed by atoms with E-state index in [1.54, 1.807) is 4.52 Å². The van der Waals surface area contributed by atoms with Crippen LogP contribution < -0.4 is 11.1 Å². The molecular weight excluding hydrogens is 338 g/mol. The van der Waals surface area contributed by atoms with Crippen molar-refractivity contribution >= 4 is 17.0 Å². The monoisotopic (exact) mass is 358 g/mol. The first-order valence-electron chi connectivity index (χ1n) is 8.61. The van der Waals surface area contributed by atoms with Gasteiger partial charge in [-0.2, -0.15) is 5.10 Å². The summed E-state index contributed by atoms with van der Waals surface area (Å²) in [6.07, 6.45) is 5.24. The average molecular weight is 358 g/mol. The molecule has 0 atom stereocenters. The van der Waals surface area contributed by atoms with Gasteiger partial charge in [0, 0.05) is 30.5 Å². The number of rotatable bonds is 4. The summed E-state index contributed by atoms with van der Waals surface area (Å²) in [5.41, 5.74) is 8.13. The minimum Gasteiger partial charge on any atom is -0.338 e. The van der Waals surface area contributed by atoms with Gasteiger partial charge in [-0.15, -0.1) is 0 Å². The molecule has 1 saturated heterocycles. The molecule has 0 aliphatic carbocycles. The second-order valence-electron chi connectivity index (χ2n) is 6.64. The maximum atomic E-state index is 13.5. The first kappa shape index (κ1) is 16.9. The van der Waals surface area contributed by atoms with Crippen LogP contribution >= 0.6 is 0 Å². The number of halogens is 2. The first-order chi connectivity index (χ1) is 12.6. The fourth-order valence-electron chi connectivity index (χ4n) is 3.35. The molecule has 1 aliphatic heterocycles. The average Bonchev–Trinajstić information content (AvgIpc) is 3.00. The maximum absolute atomic E-state index is 13.5. The molecule has 1 aliphatic rings. The van der Waals surface area contributed by atoms with Crippen molar-refractivity contribution in [2.75, 3.05) is 18.4 Å². The van der Waals surface area contributed by atoms with E-state index in [1.807, 2.05) is 12.3 Å². The van der Waals surface area contributed by atoms with E-state index in [4.69, 9.17) is 5.73 Å². The van der Waals surface area contributed by atoms with Crippen LogP contribution in [-0.4, -0.2) is 38.6 Å². The Labute approximate surface area is 149 Å². The molecule has 0 radical (unpaired) electrons. The molecular formula is C18H20F2N6. The highest BCUT2D eigenvalue weighted by Gasteiger charge is 2.19. The van der Waals surface area contributed by atoms with Gasteiger partial charge in [0.05, 0.1) is 0 Å². The van der Waals surface area contributed by atoms with E-state index >= 15 is 0 Å². The van der Waals surface area contributed by atoms with Crippen molar-refractivity contribution < 1.29 is 8.78 Å². The Balaban J connectivity index is 1.63. The summed E-state index contributed by atoms with van der Waals surface area (Å²) in [5.74, 6) is -0.769. The van der Waals surface area contributed by atoms with Gasteiger partial charge in [-0.1, -0.05) is 0 Å². The first-order valence-corrected chi connectivity index (χ1v) is 8.61. The molecule has 0 bridgehead atoms. The van der Waals surface area contributed by atoms with E-state index in [2.05, 4.69) is 20.3 Å². The van der Waals surface area contributed by atoms with Crippen molar-refractivity contribution in [2.24, 2.45) is 5.73 Å². The van der Waals surface area contributed by atoms with Gasteiger partial charge >= 0.3 is 0 Å². The number of anilines is 2. The standard InChI is InChI=1S/C18H20F2N6/c19-13-7-14(20)9-16(8-13)24-18-17-12(1-6-26(17)23-11-22-18)10-25-4-2-15(21)3-5-25/h1,6-9,11,15H,2-5,10,21H2,(H,22,23,24). The van der Waals surface area contributed by atoms with Gasteiger partial charge in [0.25, 0.3) is 0 Å². The lowest BCUT2D eigenvalue weighted by molar-refractivity contribution is 0.206. The smallest absolute Gasteiger partial charge is 0.158 e. The molecule has 26 heavy (non-hydrogen) atoms. The van der Waals surface area contributed by atoms with Crippen LogP contribution in [0.3, 0.4) is 0 Å². The molecule has 0 unspecified atom stereocenters. The summed E-state index contributed by atoms with van der Waals surface area (Å²) in [6.45, 7) is 2.65. The molecule has 2 aromatic heterocycles. The number of hydrogen-bond donors (Lipinski definition) is 2. The van der Waals surface area contributed by atoms with E-state index in [9.17, 15) is 8.78 Å². The second-order valence-corrected chi connectivity index (χ2v) is 6.64. The third-order valence-corrected chi connectivity index (χ3v) is 4.69. The van der Waals surface area contributed by atoms with Crippen LogP contribution in [0.25, 0.3) is 5.52 Å². The fraction of sp³-hybridized carbons (Fsp3) is 0.333. The van der Waals surface area contributed by atoms with E-state index < -0.39 is 11.6 Å². The number of piperidine rings is 1. The van der Waals surface area contributed by atoms with Crippen molar-refractivity contribution in [2.45, 2.75) is 25.4 Å². The molecule has 0 amide bonds. The predicted octanol–water partition coefficient (Wildman–Crippen LogP) is 2.67. The molecule has 3 N–H and O–H groups in total. The molecule has 0 saturated carbocycles. The zero-order valence-corrected chi connectivity index (χ0v) is 14.2. The lowest BCUT2D eigenvalue weighted by Crippen LogP contribution is -2.39. The zero-order valence-electron chi connectivity index (χ0n) is 14.2. The SMILES string of the molecule is NC1CCN(Cc2ccn3ncnc(Nc4cc(F)cc(F)c4)c23)CC1. The Morgan fingerprint density at radius 1 is 1.15 bits per heavy atom. The number of likely N-dealkylation sites (tertiary alicyclic amines) is 1. The van der Waals surface area contributed by atoms with Crippen LogP contribution in [-0.2, 0) is 6.54 Å². The quantitative estimate of drug-likeness (QED) is 0.750. The van der Waals surface area contributed by atoms with Crippen molar-refractivity contribution in [1.29, 1.82) is 0 Å². The van der Waals surface area contributed by atoms with E-state index in [-0.39, 0.29) is 6.04 Å². The maximum Gasteiger partial charge on any atom is 0.158 e. The van der Waals surface area contributed by atoms with Crippen LogP contribution in [0.5, 0.6) is 0 Å². The number of nitrogens with zero attached hydrogens (tertiary/aromatic N) is 4. The van der Waals surface area contributed by atoms with Gasteiger partial charge in [0.1, 0.15) is 23.5 Å². The number of aromatic nitrogens is 3.